The summed E-state index contributed by atoms with van der Waals surface area (Å²) in [5.41, 5.74) is 2.23. The van der Waals surface area contributed by atoms with Gasteiger partial charge >= 0.3 is 0 Å². The molecule has 2 atom stereocenters. The Morgan fingerprint density at radius 3 is 2.60 bits per heavy atom. The number of halogens is 1. The van der Waals surface area contributed by atoms with Gasteiger partial charge < -0.3 is 9.88 Å². The monoisotopic (exact) mass is 421 g/mol. The second kappa shape index (κ2) is 8.20. The molecule has 7 heteroatoms. The molecule has 1 N–H and O–H groups in total. The maximum atomic E-state index is 12.7. The standard InChI is InChI=1S/C23H24ClN5O/c24-20-9-5-4-8-17(20)12-28-13-18-10-21-26-27-22(29(21)15-19(18)14-28)23(30)25-11-16-6-2-1-3-7-16/h1-9,18-19H,10-15H2,(H,25,30)/t18-,19-/m0/s1. The average molecular weight is 422 g/mol. The molecule has 0 bridgehead atoms. The van der Waals surface area contributed by atoms with Crippen LogP contribution in [0.3, 0.4) is 0 Å². The van der Waals surface area contributed by atoms with E-state index >= 15 is 0 Å². The zero-order chi connectivity index (χ0) is 20.5. The Balaban J connectivity index is 1.24. The third-order valence-corrected chi connectivity index (χ3v) is 6.56. The minimum absolute atomic E-state index is 0.165. The molecule has 0 aliphatic carbocycles. The number of fused-ring (bicyclic) bond motifs is 2. The van der Waals surface area contributed by atoms with E-state index in [0.29, 0.717) is 24.2 Å². The van der Waals surface area contributed by atoms with Crippen molar-refractivity contribution in [2.45, 2.75) is 26.1 Å². The molecule has 2 aliphatic heterocycles. The van der Waals surface area contributed by atoms with Crippen molar-refractivity contribution in [1.82, 2.24) is 25.0 Å². The van der Waals surface area contributed by atoms with Gasteiger partial charge in [-0.3, -0.25) is 9.69 Å². The quantitative estimate of drug-likeness (QED) is 0.687. The van der Waals surface area contributed by atoms with E-state index in [1.807, 2.05) is 53.1 Å². The SMILES string of the molecule is O=C(NCc1ccccc1)c1nnc2n1C[C@@H]1CN(Cc3ccccc3Cl)C[C@@H]1C2. The van der Waals surface area contributed by atoms with Crippen molar-refractivity contribution in [2.75, 3.05) is 13.1 Å². The Morgan fingerprint density at radius 2 is 1.77 bits per heavy atom. The van der Waals surface area contributed by atoms with Crippen molar-refractivity contribution in [3.8, 4) is 0 Å². The highest BCUT2D eigenvalue weighted by molar-refractivity contribution is 6.31. The van der Waals surface area contributed by atoms with E-state index in [4.69, 9.17) is 11.6 Å². The summed E-state index contributed by atoms with van der Waals surface area (Å²) in [6.45, 7) is 4.16. The van der Waals surface area contributed by atoms with Crippen LogP contribution in [0.15, 0.2) is 54.6 Å². The first-order valence-corrected chi connectivity index (χ1v) is 10.7. The smallest absolute Gasteiger partial charge is 0.289 e. The summed E-state index contributed by atoms with van der Waals surface area (Å²) >= 11 is 6.35. The van der Waals surface area contributed by atoms with Crippen molar-refractivity contribution in [1.29, 1.82) is 0 Å². The highest BCUT2D eigenvalue weighted by atomic mass is 35.5. The summed E-state index contributed by atoms with van der Waals surface area (Å²) in [6, 6.07) is 17.9. The van der Waals surface area contributed by atoms with Crippen molar-refractivity contribution in [3.63, 3.8) is 0 Å². The molecule has 6 nitrogen and oxygen atoms in total. The zero-order valence-corrected chi connectivity index (χ0v) is 17.4. The van der Waals surface area contributed by atoms with E-state index in [1.54, 1.807) is 0 Å². The van der Waals surface area contributed by atoms with Crippen LogP contribution in [-0.2, 0) is 26.1 Å². The van der Waals surface area contributed by atoms with Gasteiger partial charge in [-0.25, -0.2) is 0 Å². The molecule has 0 spiro atoms. The summed E-state index contributed by atoms with van der Waals surface area (Å²) in [6.07, 6.45) is 0.864. The Bertz CT molecular complexity index is 1050. The second-order valence-corrected chi connectivity index (χ2v) is 8.64. The van der Waals surface area contributed by atoms with Crippen molar-refractivity contribution < 1.29 is 4.79 Å². The van der Waals surface area contributed by atoms with Gasteiger partial charge in [0.25, 0.3) is 5.91 Å². The second-order valence-electron chi connectivity index (χ2n) is 8.23. The van der Waals surface area contributed by atoms with Gasteiger partial charge in [-0.05, 0) is 29.0 Å². The molecule has 0 unspecified atom stereocenters. The highest BCUT2D eigenvalue weighted by Gasteiger charge is 2.39. The fourth-order valence-corrected chi connectivity index (χ4v) is 4.84. The molecule has 1 aromatic heterocycles. The Hall–Kier alpha value is -2.70. The number of benzene rings is 2. The van der Waals surface area contributed by atoms with Crippen LogP contribution < -0.4 is 5.32 Å². The normalized spacial score (nSPS) is 20.6. The number of hydrogen-bond acceptors (Lipinski definition) is 4. The molecule has 3 aromatic rings. The molecule has 5 rings (SSSR count). The topological polar surface area (TPSA) is 63.1 Å². The van der Waals surface area contributed by atoms with Crippen molar-refractivity contribution in [3.05, 3.63) is 82.4 Å². The number of carbonyl (C=O) groups excluding carboxylic acids is 1. The maximum absolute atomic E-state index is 12.7. The minimum Gasteiger partial charge on any atom is -0.345 e. The molecule has 3 heterocycles. The van der Waals surface area contributed by atoms with Crippen LogP contribution in [-0.4, -0.2) is 38.7 Å². The Kier molecular flexibility index (Phi) is 5.27. The first-order valence-electron chi connectivity index (χ1n) is 10.4. The lowest BCUT2D eigenvalue weighted by Crippen LogP contribution is -2.32. The number of nitrogens with zero attached hydrogens (tertiary/aromatic N) is 4. The lowest BCUT2D eigenvalue weighted by molar-refractivity contribution is 0.0932. The number of aromatic nitrogens is 3. The predicted octanol–water partition coefficient (Wildman–Crippen LogP) is 3.17. The molecule has 2 aromatic carbocycles. The van der Waals surface area contributed by atoms with Gasteiger partial charge in [-0.15, -0.1) is 10.2 Å². The van der Waals surface area contributed by atoms with Gasteiger partial charge in [-0.1, -0.05) is 60.1 Å². The number of carbonyl (C=O) groups is 1. The van der Waals surface area contributed by atoms with Crippen LogP contribution >= 0.6 is 11.6 Å². The van der Waals surface area contributed by atoms with Gasteiger partial charge in [0.1, 0.15) is 5.82 Å². The largest absolute Gasteiger partial charge is 0.345 e. The maximum Gasteiger partial charge on any atom is 0.289 e. The fraction of sp³-hybridized carbons (Fsp3) is 0.348. The van der Waals surface area contributed by atoms with E-state index in [-0.39, 0.29) is 5.91 Å². The van der Waals surface area contributed by atoms with Crippen LogP contribution in [0.1, 0.15) is 27.6 Å². The number of rotatable bonds is 5. The molecule has 1 fully saturated rings. The summed E-state index contributed by atoms with van der Waals surface area (Å²) in [5.74, 6) is 2.22. The highest BCUT2D eigenvalue weighted by Crippen LogP contribution is 2.33. The van der Waals surface area contributed by atoms with Crippen LogP contribution in [0.5, 0.6) is 0 Å². The van der Waals surface area contributed by atoms with E-state index < -0.39 is 0 Å². The first kappa shape index (κ1) is 19.3. The summed E-state index contributed by atoms with van der Waals surface area (Å²) < 4.78 is 2.01. The van der Waals surface area contributed by atoms with Gasteiger partial charge in [0.15, 0.2) is 0 Å². The lowest BCUT2D eigenvalue weighted by Gasteiger charge is -2.25. The Morgan fingerprint density at radius 1 is 1.00 bits per heavy atom. The van der Waals surface area contributed by atoms with Crippen LogP contribution in [0.25, 0.3) is 0 Å². The minimum atomic E-state index is -0.165. The van der Waals surface area contributed by atoms with Crippen LogP contribution in [0.2, 0.25) is 5.02 Å². The first-order chi connectivity index (χ1) is 14.7. The van der Waals surface area contributed by atoms with E-state index in [2.05, 4.69) is 26.5 Å². The fourth-order valence-electron chi connectivity index (χ4n) is 4.64. The third kappa shape index (κ3) is 3.85. The predicted molar refractivity (Wildman–Crippen MR) is 115 cm³/mol. The molecule has 2 aliphatic rings. The summed E-state index contributed by atoms with van der Waals surface area (Å²) in [5, 5.41) is 12.3. The van der Waals surface area contributed by atoms with Crippen molar-refractivity contribution in [2.24, 2.45) is 11.8 Å². The number of hydrogen-bond donors (Lipinski definition) is 1. The van der Waals surface area contributed by atoms with Crippen molar-refractivity contribution >= 4 is 17.5 Å². The lowest BCUT2D eigenvalue weighted by atomic mass is 9.89. The Labute approximate surface area is 180 Å². The molecular weight excluding hydrogens is 398 g/mol. The molecule has 1 saturated heterocycles. The molecule has 30 heavy (non-hydrogen) atoms. The van der Waals surface area contributed by atoms with Gasteiger partial charge in [0.2, 0.25) is 5.82 Å². The molecule has 154 valence electrons. The van der Waals surface area contributed by atoms with Gasteiger partial charge in [-0.2, -0.15) is 0 Å². The molecule has 1 amide bonds. The van der Waals surface area contributed by atoms with Crippen LogP contribution in [0.4, 0.5) is 0 Å². The molecular formula is C23H24ClN5O. The number of nitrogens with one attached hydrogen (secondary N) is 1. The summed E-state index contributed by atoms with van der Waals surface area (Å²) in [4.78, 5) is 15.2. The zero-order valence-electron chi connectivity index (χ0n) is 16.7. The van der Waals surface area contributed by atoms with Gasteiger partial charge in [0, 0.05) is 44.2 Å². The van der Waals surface area contributed by atoms with E-state index in [0.717, 1.165) is 54.6 Å². The summed E-state index contributed by atoms with van der Waals surface area (Å²) in [7, 11) is 0. The third-order valence-electron chi connectivity index (χ3n) is 6.19. The van der Waals surface area contributed by atoms with Gasteiger partial charge in [0.05, 0.1) is 0 Å². The molecule has 0 saturated carbocycles. The van der Waals surface area contributed by atoms with E-state index in [1.165, 1.54) is 0 Å². The molecule has 0 radical (unpaired) electrons. The number of amides is 1. The number of likely N-dealkylation sites (tertiary alicyclic amines) is 1. The average Bonchev–Trinajstić information content (AvgIpc) is 3.35. The van der Waals surface area contributed by atoms with Crippen LogP contribution in [0, 0.1) is 11.8 Å². The van der Waals surface area contributed by atoms with E-state index in [9.17, 15) is 4.79 Å².